The summed E-state index contributed by atoms with van der Waals surface area (Å²) < 4.78 is 13.1. The number of hydrogen-bond donors (Lipinski definition) is 1. The number of benzene rings is 1. The van der Waals surface area contributed by atoms with E-state index in [2.05, 4.69) is 35.1 Å². The molecule has 3 aromatic rings. The normalized spacial score (nSPS) is 18.6. The number of hydrogen-bond acceptors (Lipinski definition) is 6. The Balaban J connectivity index is 1.29. The minimum absolute atomic E-state index is 0.246. The summed E-state index contributed by atoms with van der Waals surface area (Å²) in [5, 5.41) is 4.41. The maximum atomic E-state index is 6.00. The van der Waals surface area contributed by atoms with Gasteiger partial charge in [0.1, 0.15) is 5.76 Å². The lowest BCUT2D eigenvalue weighted by molar-refractivity contribution is -0.0304. The molecule has 5 nitrogen and oxygen atoms in total. The van der Waals surface area contributed by atoms with Gasteiger partial charge >= 0.3 is 0 Å². The summed E-state index contributed by atoms with van der Waals surface area (Å²) in [5.41, 5.74) is 1.02. The second kappa shape index (κ2) is 8.52. The van der Waals surface area contributed by atoms with Crippen molar-refractivity contribution in [3.8, 4) is 10.8 Å². The predicted molar refractivity (Wildman–Crippen MR) is 110 cm³/mol. The van der Waals surface area contributed by atoms with Gasteiger partial charge in [-0.25, -0.2) is 4.98 Å². The van der Waals surface area contributed by atoms with Crippen LogP contribution in [0.25, 0.3) is 21.0 Å². The highest BCUT2D eigenvalue weighted by atomic mass is 32.1. The maximum absolute atomic E-state index is 6.00. The molecule has 4 rings (SSSR count). The van der Waals surface area contributed by atoms with Gasteiger partial charge in [0.25, 0.3) is 0 Å². The van der Waals surface area contributed by atoms with Crippen LogP contribution in [0.4, 0.5) is 0 Å². The molecule has 1 aliphatic heterocycles. The highest BCUT2D eigenvalue weighted by molar-refractivity contribution is 7.21. The molecule has 1 aromatic carbocycles. The number of thiazole rings is 1. The molecule has 2 aromatic heterocycles. The molecule has 1 N–H and O–H groups in total. The lowest BCUT2D eigenvalue weighted by Crippen LogP contribution is -2.47. The Kier molecular flexibility index (Phi) is 5.88. The highest BCUT2D eigenvalue weighted by Crippen LogP contribution is 2.31. The van der Waals surface area contributed by atoms with Crippen LogP contribution in [0.1, 0.15) is 19.6 Å². The first kappa shape index (κ1) is 18.6. The predicted octanol–water partition coefficient (Wildman–Crippen LogP) is 4.00. The van der Waals surface area contributed by atoms with Gasteiger partial charge in [-0.05, 0) is 30.2 Å². The Morgan fingerprint density at radius 1 is 1.26 bits per heavy atom. The second-order valence-corrected chi connectivity index (χ2v) is 8.56. The zero-order chi connectivity index (χ0) is 18.6. The van der Waals surface area contributed by atoms with Gasteiger partial charge in [-0.1, -0.05) is 26.0 Å². The third-order valence-corrected chi connectivity index (χ3v) is 5.73. The number of nitrogens with zero attached hydrogens (tertiary/aromatic N) is 2. The molecular weight excluding hydrogens is 358 g/mol. The van der Waals surface area contributed by atoms with Crippen molar-refractivity contribution in [2.45, 2.75) is 26.5 Å². The van der Waals surface area contributed by atoms with Gasteiger partial charge < -0.3 is 14.5 Å². The topological polar surface area (TPSA) is 50.5 Å². The van der Waals surface area contributed by atoms with Crippen molar-refractivity contribution in [3.05, 3.63) is 42.2 Å². The molecule has 3 heterocycles. The van der Waals surface area contributed by atoms with Gasteiger partial charge in [-0.2, -0.15) is 0 Å². The summed E-state index contributed by atoms with van der Waals surface area (Å²) in [4.78, 5) is 7.16. The van der Waals surface area contributed by atoms with E-state index in [9.17, 15) is 0 Å². The van der Waals surface area contributed by atoms with E-state index in [4.69, 9.17) is 9.15 Å². The molecule has 1 atom stereocenters. The molecule has 0 radical (unpaired) electrons. The van der Waals surface area contributed by atoms with E-state index in [1.165, 1.54) is 4.70 Å². The zero-order valence-electron chi connectivity index (χ0n) is 16.0. The quantitative estimate of drug-likeness (QED) is 0.666. The fourth-order valence-electron chi connectivity index (χ4n) is 3.51. The Morgan fingerprint density at radius 2 is 2.15 bits per heavy atom. The Morgan fingerprint density at radius 3 is 3.00 bits per heavy atom. The number of furan rings is 1. The smallest absolute Gasteiger partial charge is 0.163 e. The number of fused-ring (bicyclic) bond motifs is 1. The van der Waals surface area contributed by atoms with Gasteiger partial charge in [0, 0.05) is 26.2 Å². The first-order chi connectivity index (χ1) is 13.2. The summed E-state index contributed by atoms with van der Waals surface area (Å²) in [6, 6.07) is 12.2. The second-order valence-electron chi connectivity index (χ2n) is 7.53. The fraction of sp³-hybridized carbons (Fsp3) is 0.476. The lowest BCUT2D eigenvalue weighted by Gasteiger charge is -2.34. The van der Waals surface area contributed by atoms with Crippen molar-refractivity contribution in [2.75, 3.05) is 32.8 Å². The van der Waals surface area contributed by atoms with Crippen LogP contribution in [0, 0.1) is 5.92 Å². The molecule has 1 saturated heterocycles. The number of ether oxygens (including phenoxy) is 1. The molecule has 27 heavy (non-hydrogen) atoms. The van der Waals surface area contributed by atoms with Crippen LogP contribution in [0.15, 0.2) is 40.8 Å². The van der Waals surface area contributed by atoms with Crippen molar-refractivity contribution in [1.82, 2.24) is 15.2 Å². The fourth-order valence-corrected chi connectivity index (χ4v) is 4.44. The molecular formula is C21H27N3O2S. The van der Waals surface area contributed by atoms with Crippen molar-refractivity contribution in [1.29, 1.82) is 0 Å². The van der Waals surface area contributed by atoms with E-state index < -0.39 is 0 Å². The minimum Gasteiger partial charge on any atom is -0.457 e. The number of aromatic nitrogens is 1. The van der Waals surface area contributed by atoms with Crippen molar-refractivity contribution < 1.29 is 9.15 Å². The molecule has 0 spiro atoms. The molecule has 0 amide bonds. The van der Waals surface area contributed by atoms with E-state index in [0.29, 0.717) is 12.5 Å². The van der Waals surface area contributed by atoms with Gasteiger partial charge in [0.15, 0.2) is 10.8 Å². The van der Waals surface area contributed by atoms with E-state index in [1.807, 2.05) is 30.3 Å². The molecule has 1 aliphatic rings. The Bertz CT molecular complexity index is 840. The van der Waals surface area contributed by atoms with Crippen LogP contribution in [0.2, 0.25) is 0 Å². The summed E-state index contributed by atoms with van der Waals surface area (Å²) in [5.74, 6) is 2.46. The average Bonchev–Trinajstić information content (AvgIpc) is 3.28. The molecule has 144 valence electrons. The van der Waals surface area contributed by atoms with Crippen LogP contribution >= 0.6 is 11.3 Å². The number of morpholine rings is 1. The molecule has 0 bridgehead atoms. The standard InChI is InChI=1S/C21H27N3O2S/c1-15(2)13-24-9-10-25-17(14-24)12-22-11-16-7-8-19(26-16)21-23-18-5-3-4-6-20(18)27-21/h3-8,15,17,22H,9-14H2,1-2H3/t17-/m1/s1. The monoisotopic (exact) mass is 385 g/mol. The third-order valence-electron chi connectivity index (χ3n) is 4.68. The van der Waals surface area contributed by atoms with Crippen LogP contribution < -0.4 is 5.32 Å². The lowest BCUT2D eigenvalue weighted by atomic mass is 10.2. The van der Waals surface area contributed by atoms with Crippen LogP contribution in [0.5, 0.6) is 0 Å². The number of nitrogens with one attached hydrogen (secondary N) is 1. The van der Waals surface area contributed by atoms with Crippen molar-refractivity contribution >= 4 is 21.6 Å². The van der Waals surface area contributed by atoms with Crippen molar-refractivity contribution in [3.63, 3.8) is 0 Å². The van der Waals surface area contributed by atoms with E-state index in [0.717, 1.165) is 54.8 Å². The van der Waals surface area contributed by atoms with Crippen molar-refractivity contribution in [2.24, 2.45) is 5.92 Å². The average molecular weight is 386 g/mol. The molecule has 1 fully saturated rings. The maximum Gasteiger partial charge on any atom is 0.163 e. The largest absolute Gasteiger partial charge is 0.457 e. The summed E-state index contributed by atoms with van der Waals surface area (Å²) in [6.45, 7) is 10.1. The molecule has 0 unspecified atom stereocenters. The Hall–Kier alpha value is -1.73. The van der Waals surface area contributed by atoms with Gasteiger partial charge in [0.05, 0.1) is 29.5 Å². The van der Waals surface area contributed by atoms with Gasteiger partial charge in [0.2, 0.25) is 0 Å². The van der Waals surface area contributed by atoms with E-state index >= 15 is 0 Å². The first-order valence-corrected chi connectivity index (χ1v) is 10.5. The molecule has 0 saturated carbocycles. The first-order valence-electron chi connectivity index (χ1n) is 9.66. The summed E-state index contributed by atoms with van der Waals surface area (Å²) in [6.07, 6.45) is 0.246. The zero-order valence-corrected chi connectivity index (χ0v) is 16.8. The molecule has 6 heteroatoms. The van der Waals surface area contributed by atoms with Crippen LogP contribution in [-0.2, 0) is 11.3 Å². The summed E-state index contributed by atoms with van der Waals surface area (Å²) >= 11 is 1.66. The van der Waals surface area contributed by atoms with Gasteiger partial charge in [-0.15, -0.1) is 11.3 Å². The Labute approximate surface area is 164 Å². The number of para-hydroxylation sites is 1. The van der Waals surface area contributed by atoms with E-state index in [1.54, 1.807) is 11.3 Å². The highest BCUT2D eigenvalue weighted by Gasteiger charge is 2.20. The summed E-state index contributed by atoms with van der Waals surface area (Å²) in [7, 11) is 0. The van der Waals surface area contributed by atoms with Gasteiger partial charge in [-0.3, -0.25) is 4.90 Å². The third kappa shape index (κ3) is 4.76. The van der Waals surface area contributed by atoms with Crippen LogP contribution in [-0.4, -0.2) is 48.8 Å². The number of rotatable bonds is 7. The molecule has 0 aliphatic carbocycles. The SMILES string of the molecule is CC(C)CN1CCO[C@H](CNCc2ccc(-c3nc4ccccc4s3)o2)C1. The van der Waals surface area contributed by atoms with E-state index in [-0.39, 0.29) is 6.10 Å². The van der Waals surface area contributed by atoms with Crippen LogP contribution in [0.3, 0.4) is 0 Å². The minimum atomic E-state index is 0.246.